The number of amides is 1. The van der Waals surface area contributed by atoms with Gasteiger partial charge in [-0.15, -0.1) is 0 Å². The summed E-state index contributed by atoms with van der Waals surface area (Å²) < 4.78 is 1.90. The first-order valence-electron chi connectivity index (χ1n) is 14.8. The molecule has 9 nitrogen and oxygen atoms in total. The Labute approximate surface area is 258 Å². The molecule has 1 aromatic heterocycles. The number of nitro benzene ring substituents is 1. The molecule has 2 atom stereocenters. The predicted octanol–water partition coefficient (Wildman–Crippen LogP) is 5.85. The van der Waals surface area contributed by atoms with Crippen LogP contribution in [0.1, 0.15) is 50.4 Å². The van der Waals surface area contributed by atoms with Gasteiger partial charge in [-0.3, -0.25) is 14.9 Å². The summed E-state index contributed by atoms with van der Waals surface area (Å²) in [5, 5.41) is 20.7. The summed E-state index contributed by atoms with van der Waals surface area (Å²) in [5.41, 5.74) is 2.89. The minimum absolute atomic E-state index is 0.0453. The average molecular weight is 601 g/mol. The zero-order valence-corrected chi connectivity index (χ0v) is 25.8. The van der Waals surface area contributed by atoms with E-state index in [4.69, 9.17) is 12.2 Å². The third-order valence-electron chi connectivity index (χ3n) is 7.79. The van der Waals surface area contributed by atoms with Crippen molar-refractivity contribution in [3.63, 3.8) is 0 Å². The van der Waals surface area contributed by atoms with Gasteiger partial charge >= 0.3 is 0 Å². The molecule has 0 aliphatic carbocycles. The van der Waals surface area contributed by atoms with E-state index in [1.165, 1.54) is 28.5 Å². The molecule has 0 aliphatic heterocycles. The molecular formula is C33H40N6O3S. The molecule has 4 rings (SSSR count). The second-order valence-electron chi connectivity index (χ2n) is 10.9. The number of carbonyl (C=O) groups excluding carboxylic acids is 1. The Bertz CT molecular complexity index is 1530. The van der Waals surface area contributed by atoms with Gasteiger partial charge in [0.15, 0.2) is 5.11 Å². The monoisotopic (exact) mass is 600 g/mol. The highest BCUT2D eigenvalue weighted by Gasteiger charge is 2.24. The molecule has 0 saturated heterocycles. The normalized spacial score (nSPS) is 12.4. The van der Waals surface area contributed by atoms with E-state index in [0.29, 0.717) is 24.7 Å². The summed E-state index contributed by atoms with van der Waals surface area (Å²) in [5.74, 6) is 0.131. The van der Waals surface area contributed by atoms with Gasteiger partial charge in [0.25, 0.3) is 5.69 Å². The van der Waals surface area contributed by atoms with Crippen molar-refractivity contribution in [1.82, 2.24) is 25.1 Å². The number of nitro groups is 1. The van der Waals surface area contributed by atoms with Crippen LogP contribution in [0.2, 0.25) is 0 Å². The Kier molecular flexibility index (Phi) is 11.2. The molecular weight excluding hydrogens is 560 g/mol. The number of nitrogens with one attached hydrogen (secondary N) is 2. The number of hydrogen-bond donors (Lipinski definition) is 2. The summed E-state index contributed by atoms with van der Waals surface area (Å²) in [6.45, 7) is 8.84. The molecule has 43 heavy (non-hydrogen) atoms. The predicted molar refractivity (Wildman–Crippen MR) is 175 cm³/mol. The van der Waals surface area contributed by atoms with E-state index in [-0.39, 0.29) is 30.0 Å². The molecule has 1 heterocycles. The fourth-order valence-electron chi connectivity index (χ4n) is 5.07. The molecule has 0 aliphatic rings. The quantitative estimate of drug-likeness (QED) is 0.106. The van der Waals surface area contributed by atoms with Crippen LogP contribution in [0.4, 0.5) is 5.69 Å². The van der Waals surface area contributed by atoms with Crippen molar-refractivity contribution in [2.45, 2.75) is 59.2 Å². The molecule has 226 valence electrons. The zero-order chi connectivity index (χ0) is 30.8. The van der Waals surface area contributed by atoms with Gasteiger partial charge in [-0.1, -0.05) is 81.8 Å². The lowest BCUT2D eigenvalue weighted by Gasteiger charge is -2.33. The summed E-state index contributed by atoms with van der Waals surface area (Å²) in [7, 11) is 0. The maximum Gasteiger partial charge on any atom is 0.269 e. The smallest absolute Gasteiger partial charge is 0.269 e. The van der Waals surface area contributed by atoms with Crippen molar-refractivity contribution in [2.75, 3.05) is 13.1 Å². The van der Waals surface area contributed by atoms with E-state index in [1.54, 1.807) is 24.7 Å². The Morgan fingerprint density at radius 2 is 1.84 bits per heavy atom. The second kappa shape index (κ2) is 15.2. The summed E-state index contributed by atoms with van der Waals surface area (Å²) in [6.07, 6.45) is 5.41. The first-order valence-corrected chi connectivity index (χ1v) is 15.2. The standard InChI is InChI=1S/C33H40N6O3S/c1-4-17-35-33(43)37(21-27-11-8-10-26-9-6-7-12-30(26)27)22-31(24(3)5-2)36-32(40)18-29-19-34-23-38(29)20-25-13-15-28(16-14-25)39(41)42/h6-16,19,23-24,31H,4-5,17-18,20-22H2,1-3H3,(H,35,43)(H,36,40)/t24-,31+/m0/s1. The van der Waals surface area contributed by atoms with Crippen LogP contribution in [-0.2, 0) is 24.3 Å². The minimum Gasteiger partial charge on any atom is -0.363 e. The fraction of sp³-hybridized carbons (Fsp3) is 0.364. The van der Waals surface area contributed by atoms with Gasteiger partial charge in [-0.25, -0.2) is 4.98 Å². The number of carbonyl (C=O) groups is 1. The van der Waals surface area contributed by atoms with Crippen molar-refractivity contribution >= 4 is 39.7 Å². The van der Waals surface area contributed by atoms with E-state index in [9.17, 15) is 14.9 Å². The largest absolute Gasteiger partial charge is 0.363 e. The SMILES string of the molecule is CCCNC(=S)N(Cc1cccc2ccccc12)C[C@@H](NC(=O)Cc1cncn1Cc1ccc([N+](=O)[O-])cc1)[C@@H](C)CC. The molecule has 0 unspecified atom stereocenters. The third kappa shape index (κ3) is 8.61. The van der Waals surface area contributed by atoms with Crippen LogP contribution in [0, 0.1) is 16.0 Å². The molecule has 0 spiro atoms. The summed E-state index contributed by atoms with van der Waals surface area (Å²) >= 11 is 5.87. The van der Waals surface area contributed by atoms with Crippen molar-refractivity contribution in [1.29, 1.82) is 0 Å². The van der Waals surface area contributed by atoms with Crippen molar-refractivity contribution in [3.05, 3.63) is 106 Å². The summed E-state index contributed by atoms with van der Waals surface area (Å²) in [4.78, 5) is 30.4. The fourth-order valence-corrected chi connectivity index (χ4v) is 5.31. The summed E-state index contributed by atoms with van der Waals surface area (Å²) in [6, 6.07) is 21.0. The minimum atomic E-state index is -0.416. The van der Waals surface area contributed by atoms with E-state index in [0.717, 1.165) is 30.6 Å². The van der Waals surface area contributed by atoms with E-state index < -0.39 is 4.92 Å². The van der Waals surface area contributed by atoms with Gasteiger partial charge in [-0.2, -0.15) is 0 Å². The molecule has 0 bridgehead atoms. The highest BCUT2D eigenvalue weighted by Crippen LogP contribution is 2.21. The van der Waals surface area contributed by atoms with Crippen LogP contribution in [0.15, 0.2) is 79.3 Å². The lowest BCUT2D eigenvalue weighted by molar-refractivity contribution is -0.384. The number of aromatic nitrogens is 2. The van der Waals surface area contributed by atoms with Gasteiger partial charge < -0.3 is 20.1 Å². The van der Waals surface area contributed by atoms with Crippen molar-refractivity contribution in [3.8, 4) is 0 Å². The number of imidazole rings is 1. The van der Waals surface area contributed by atoms with Crippen LogP contribution >= 0.6 is 12.2 Å². The van der Waals surface area contributed by atoms with Gasteiger partial charge in [0.2, 0.25) is 5.91 Å². The van der Waals surface area contributed by atoms with Crippen LogP contribution in [0.25, 0.3) is 10.8 Å². The molecule has 1 amide bonds. The number of benzene rings is 3. The van der Waals surface area contributed by atoms with Crippen LogP contribution in [-0.4, -0.2) is 49.5 Å². The molecule has 0 saturated carbocycles. The van der Waals surface area contributed by atoms with Crippen LogP contribution < -0.4 is 10.6 Å². The highest BCUT2D eigenvalue weighted by molar-refractivity contribution is 7.80. The van der Waals surface area contributed by atoms with Gasteiger partial charge in [0, 0.05) is 56.2 Å². The van der Waals surface area contributed by atoms with E-state index in [1.807, 2.05) is 10.6 Å². The average Bonchev–Trinajstić information content (AvgIpc) is 3.44. The lowest BCUT2D eigenvalue weighted by atomic mass is 9.97. The number of fused-ring (bicyclic) bond motifs is 1. The number of hydrogen-bond acceptors (Lipinski definition) is 5. The molecule has 0 fully saturated rings. The molecule has 10 heteroatoms. The van der Waals surface area contributed by atoms with E-state index >= 15 is 0 Å². The Hall–Kier alpha value is -4.31. The topological polar surface area (TPSA) is 105 Å². The first kappa shape index (κ1) is 31.6. The number of non-ortho nitro benzene ring substituents is 1. The number of rotatable bonds is 14. The highest BCUT2D eigenvalue weighted by atomic mass is 32.1. The molecule has 2 N–H and O–H groups in total. The Morgan fingerprint density at radius 3 is 2.56 bits per heavy atom. The number of thiocarbonyl (C=S) groups is 1. The third-order valence-corrected chi connectivity index (χ3v) is 8.19. The lowest BCUT2D eigenvalue weighted by Crippen LogP contribution is -2.51. The van der Waals surface area contributed by atoms with Gasteiger partial charge in [0.1, 0.15) is 0 Å². The maximum absolute atomic E-state index is 13.4. The molecule has 4 aromatic rings. The van der Waals surface area contributed by atoms with Gasteiger partial charge in [-0.05, 0) is 46.5 Å². The molecule has 0 radical (unpaired) electrons. The van der Waals surface area contributed by atoms with Gasteiger partial charge in [0.05, 0.1) is 17.7 Å². The zero-order valence-electron chi connectivity index (χ0n) is 25.0. The second-order valence-corrected chi connectivity index (χ2v) is 11.3. The first-order chi connectivity index (χ1) is 20.8. The van der Waals surface area contributed by atoms with Crippen molar-refractivity contribution in [2.24, 2.45) is 5.92 Å². The Balaban J connectivity index is 1.48. The number of nitrogens with zero attached hydrogens (tertiary/aromatic N) is 4. The van der Waals surface area contributed by atoms with Crippen LogP contribution in [0.5, 0.6) is 0 Å². The van der Waals surface area contributed by atoms with Crippen molar-refractivity contribution < 1.29 is 9.72 Å². The maximum atomic E-state index is 13.4. The molecule has 3 aromatic carbocycles. The van der Waals surface area contributed by atoms with E-state index in [2.05, 4.69) is 77.7 Å². The Morgan fingerprint density at radius 1 is 1.09 bits per heavy atom. The van der Waals surface area contributed by atoms with Crippen LogP contribution in [0.3, 0.4) is 0 Å².